The van der Waals surface area contributed by atoms with E-state index in [2.05, 4.69) is 33.5 Å². The van der Waals surface area contributed by atoms with Gasteiger partial charge in [0, 0.05) is 38.8 Å². The van der Waals surface area contributed by atoms with Crippen LogP contribution in [0.5, 0.6) is 5.75 Å². The summed E-state index contributed by atoms with van der Waals surface area (Å²) in [5.41, 5.74) is 1.10. The molecule has 1 saturated heterocycles. The second-order valence-electron chi connectivity index (χ2n) is 7.06. The number of aryl methyl sites for hydroxylation is 1. The normalized spacial score (nSPS) is 16.4. The van der Waals surface area contributed by atoms with E-state index in [1.807, 2.05) is 6.92 Å². The third-order valence-electron chi connectivity index (χ3n) is 4.94. The number of nitrogens with one attached hydrogen (secondary N) is 2. The van der Waals surface area contributed by atoms with E-state index >= 15 is 0 Å². The van der Waals surface area contributed by atoms with E-state index in [-0.39, 0.29) is 12.1 Å². The number of furan rings is 1. The van der Waals surface area contributed by atoms with Gasteiger partial charge in [0.25, 0.3) is 11.8 Å². The smallest absolute Gasteiger partial charge is 0.322 e. The monoisotopic (exact) mass is 476 g/mol. The highest BCUT2D eigenvalue weighted by Crippen LogP contribution is 2.32. The van der Waals surface area contributed by atoms with Crippen molar-refractivity contribution < 1.29 is 32.3 Å². The van der Waals surface area contributed by atoms with E-state index in [9.17, 15) is 23.2 Å². The molecule has 34 heavy (non-hydrogen) atoms. The molecule has 11 heteroatoms. The summed E-state index contributed by atoms with van der Waals surface area (Å²) < 4.78 is 37.0. The van der Waals surface area contributed by atoms with E-state index in [0.717, 1.165) is 24.5 Å². The van der Waals surface area contributed by atoms with Crippen LogP contribution in [0.15, 0.2) is 34.7 Å². The molecule has 1 aromatic carbocycles. The van der Waals surface area contributed by atoms with Crippen molar-refractivity contribution in [1.29, 1.82) is 0 Å². The van der Waals surface area contributed by atoms with Gasteiger partial charge in [0.1, 0.15) is 11.5 Å². The minimum atomic E-state index is -0.915. The number of benzene rings is 1. The van der Waals surface area contributed by atoms with Crippen molar-refractivity contribution in [2.75, 3.05) is 21.2 Å². The van der Waals surface area contributed by atoms with Gasteiger partial charge >= 0.3 is 6.03 Å². The molecule has 2 aromatic rings. The van der Waals surface area contributed by atoms with Crippen molar-refractivity contribution in [2.24, 2.45) is 4.99 Å². The van der Waals surface area contributed by atoms with Crippen LogP contribution < -0.4 is 15.4 Å². The Labute approximate surface area is 195 Å². The van der Waals surface area contributed by atoms with Crippen LogP contribution in [0.4, 0.5) is 13.6 Å². The average molecular weight is 476 g/mol. The lowest BCUT2D eigenvalue weighted by Gasteiger charge is -2.06. The fraction of sp³-hybridized carbons (Fsp3) is 0.304. The average Bonchev–Trinajstić information content (AvgIpc) is 3.45. The second kappa shape index (κ2) is 11.2. The first-order valence-corrected chi connectivity index (χ1v) is 10.2. The molecule has 1 aromatic heterocycles. The lowest BCUT2D eigenvalue weighted by molar-refractivity contribution is -0.120. The Morgan fingerprint density at radius 1 is 1.29 bits per heavy atom. The predicted octanol–water partition coefficient (Wildman–Crippen LogP) is 3.13. The molecule has 0 aliphatic carbocycles. The fourth-order valence-electron chi connectivity index (χ4n) is 3.46. The maximum Gasteiger partial charge on any atom is 0.322 e. The zero-order valence-corrected chi connectivity index (χ0v) is 19.3. The van der Waals surface area contributed by atoms with Gasteiger partial charge in [-0.2, -0.15) is 0 Å². The quantitative estimate of drug-likeness (QED) is 0.400. The van der Waals surface area contributed by atoms with Gasteiger partial charge in [-0.1, -0.05) is 6.92 Å². The van der Waals surface area contributed by atoms with E-state index in [0.29, 0.717) is 17.7 Å². The van der Waals surface area contributed by atoms with Gasteiger partial charge in [-0.15, -0.1) is 13.2 Å². The molecule has 1 atom stereocenters. The topological polar surface area (TPSA) is 113 Å². The Morgan fingerprint density at radius 2 is 1.97 bits per heavy atom. The van der Waals surface area contributed by atoms with Crippen molar-refractivity contribution in [1.82, 2.24) is 15.5 Å². The lowest BCUT2D eigenvalue weighted by atomic mass is 10.1. The number of nitrogens with zero attached hydrogens (tertiary/aromatic N) is 2. The maximum absolute atomic E-state index is 13.6. The summed E-state index contributed by atoms with van der Waals surface area (Å²) in [5.74, 6) is -1.86. The van der Waals surface area contributed by atoms with Gasteiger partial charge in [-0.05, 0) is 17.7 Å². The van der Waals surface area contributed by atoms with E-state index in [1.54, 1.807) is 19.3 Å². The first-order valence-electron chi connectivity index (χ1n) is 10.2. The maximum atomic E-state index is 13.6. The molecule has 2 aliphatic rings. The summed E-state index contributed by atoms with van der Waals surface area (Å²) in [4.78, 5) is 39.2. The molecule has 0 spiro atoms. The molecule has 3 heterocycles. The van der Waals surface area contributed by atoms with Crippen LogP contribution in [-0.2, 0) is 17.8 Å². The number of halogens is 2. The van der Waals surface area contributed by atoms with Crippen molar-refractivity contribution in [3.8, 4) is 5.75 Å². The molecule has 2 aliphatic heterocycles. The molecule has 9 nitrogen and oxygen atoms in total. The number of aliphatic imine (C=N–C) groups is 1. The number of ether oxygens (including phenoxy) is 1. The Hall–Kier alpha value is -4.02. The highest BCUT2D eigenvalue weighted by atomic mass is 19.1. The molecule has 4 amide bonds. The van der Waals surface area contributed by atoms with Crippen molar-refractivity contribution in [3.05, 3.63) is 65.1 Å². The van der Waals surface area contributed by atoms with Crippen molar-refractivity contribution >= 4 is 24.1 Å². The SMILES string of the molecule is C=C.CCc1oc(C2NC(=O)NC2=O)cc1C=NC.COc1c(F)cc2c(c1F)C(=O)N(C)C2. The third-order valence-corrected chi connectivity index (χ3v) is 4.94. The number of imide groups is 1. The number of methoxy groups -OCH3 is 1. The zero-order valence-electron chi connectivity index (χ0n) is 19.3. The first kappa shape index (κ1) is 26.2. The summed E-state index contributed by atoms with van der Waals surface area (Å²) in [5, 5.41) is 4.65. The number of hydrogen-bond donors (Lipinski definition) is 2. The molecule has 182 valence electrons. The number of amides is 4. The van der Waals surface area contributed by atoms with Gasteiger partial charge in [0.05, 0.1) is 12.7 Å². The summed E-state index contributed by atoms with van der Waals surface area (Å²) in [7, 11) is 4.36. The van der Waals surface area contributed by atoms with Crippen LogP contribution in [-0.4, -0.2) is 50.2 Å². The van der Waals surface area contributed by atoms with Crippen LogP contribution >= 0.6 is 0 Å². The molecule has 0 radical (unpaired) electrons. The van der Waals surface area contributed by atoms with E-state index in [4.69, 9.17) is 4.42 Å². The van der Waals surface area contributed by atoms with Gasteiger partial charge < -0.3 is 19.4 Å². The minimum Gasteiger partial charge on any atom is -0.491 e. The highest BCUT2D eigenvalue weighted by Gasteiger charge is 2.34. The van der Waals surface area contributed by atoms with Gasteiger partial charge in [0.2, 0.25) is 0 Å². The van der Waals surface area contributed by atoms with Crippen LogP contribution in [0.3, 0.4) is 0 Å². The minimum absolute atomic E-state index is 0.0873. The molecule has 1 fully saturated rings. The Kier molecular flexibility index (Phi) is 8.65. The van der Waals surface area contributed by atoms with Gasteiger partial charge in [-0.25, -0.2) is 13.6 Å². The lowest BCUT2D eigenvalue weighted by Crippen LogP contribution is -2.22. The Morgan fingerprint density at radius 3 is 2.50 bits per heavy atom. The number of hydrogen-bond acceptors (Lipinski definition) is 6. The third kappa shape index (κ3) is 5.13. The summed E-state index contributed by atoms with van der Waals surface area (Å²) >= 11 is 0. The van der Waals surface area contributed by atoms with Crippen LogP contribution in [0.2, 0.25) is 0 Å². The number of urea groups is 1. The first-order chi connectivity index (χ1) is 16.2. The molecule has 4 rings (SSSR count). The number of carbonyl (C=O) groups excluding carboxylic acids is 3. The van der Waals surface area contributed by atoms with E-state index < -0.39 is 41.3 Å². The zero-order chi connectivity index (χ0) is 25.6. The summed E-state index contributed by atoms with van der Waals surface area (Å²) in [6, 6.07) is 1.62. The summed E-state index contributed by atoms with van der Waals surface area (Å²) in [6.45, 7) is 8.18. The summed E-state index contributed by atoms with van der Waals surface area (Å²) in [6.07, 6.45) is 2.37. The highest BCUT2D eigenvalue weighted by molar-refractivity contribution is 6.04. The van der Waals surface area contributed by atoms with Crippen LogP contribution in [0.1, 0.15) is 46.0 Å². The van der Waals surface area contributed by atoms with Gasteiger partial charge in [0.15, 0.2) is 23.4 Å². The van der Waals surface area contributed by atoms with Crippen LogP contribution in [0.25, 0.3) is 0 Å². The molecular formula is C23H26F2N4O5. The molecule has 0 saturated carbocycles. The fourth-order valence-corrected chi connectivity index (χ4v) is 3.46. The molecular weight excluding hydrogens is 450 g/mol. The van der Waals surface area contributed by atoms with Gasteiger partial charge in [-0.3, -0.25) is 19.9 Å². The number of carbonyl (C=O) groups is 3. The Balaban J connectivity index is 0.000000225. The van der Waals surface area contributed by atoms with Crippen LogP contribution in [0, 0.1) is 11.6 Å². The van der Waals surface area contributed by atoms with Crippen molar-refractivity contribution in [2.45, 2.75) is 25.9 Å². The Bertz CT molecular complexity index is 1130. The van der Waals surface area contributed by atoms with E-state index in [1.165, 1.54) is 11.9 Å². The predicted molar refractivity (Wildman–Crippen MR) is 121 cm³/mol. The largest absolute Gasteiger partial charge is 0.491 e. The molecule has 2 N–H and O–H groups in total. The standard InChI is InChI=1S/C11H13N3O3.C10H9F2NO2.C2H4/c1-3-7-6(5-12-2)4-8(17-7)9-10(15)14-11(16)13-9;1-13-4-5-3-6(11)9(15-2)8(12)7(5)10(13)14;1-2/h4-5,9H,3H2,1-2H3,(H2,13,14,15,16);3H,4H2,1-2H3;1-2H2. The molecule has 0 bridgehead atoms. The number of rotatable bonds is 4. The van der Waals surface area contributed by atoms with Crippen molar-refractivity contribution in [3.63, 3.8) is 0 Å². The molecule has 1 unspecified atom stereocenters. The number of fused-ring (bicyclic) bond motifs is 1. The second-order valence-corrected chi connectivity index (χ2v) is 7.06.